The molecule has 54 heavy (non-hydrogen) atoms. The van der Waals surface area contributed by atoms with Gasteiger partial charge in [0.15, 0.2) is 0 Å². The van der Waals surface area contributed by atoms with Gasteiger partial charge >= 0.3 is 0 Å². The highest BCUT2D eigenvalue weighted by Gasteiger charge is 2.17. The number of benzene rings is 9. The van der Waals surface area contributed by atoms with Crippen LogP contribution < -0.4 is 4.90 Å². The molecular formula is C52H35NO. The Bertz CT molecular complexity index is 2890. The van der Waals surface area contributed by atoms with Crippen LogP contribution in [0, 0.1) is 0 Å². The summed E-state index contributed by atoms with van der Waals surface area (Å²) in [6.45, 7) is 0. The highest BCUT2D eigenvalue weighted by molar-refractivity contribution is 6.19. The van der Waals surface area contributed by atoms with E-state index < -0.39 is 0 Å². The van der Waals surface area contributed by atoms with Crippen LogP contribution in [0.2, 0.25) is 0 Å². The van der Waals surface area contributed by atoms with Gasteiger partial charge in [-0.2, -0.15) is 0 Å². The highest BCUT2D eigenvalue weighted by atomic mass is 16.3. The second-order valence-corrected chi connectivity index (χ2v) is 13.7. The Kier molecular flexibility index (Phi) is 7.85. The van der Waals surface area contributed by atoms with Gasteiger partial charge in [-0.1, -0.05) is 158 Å². The van der Waals surface area contributed by atoms with Crippen molar-refractivity contribution in [2.24, 2.45) is 0 Å². The first kappa shape index (κ1) is 31.6. The van der Waals surface area contributed by atoms with Crippen LogP contribution in [0.15, 0.2) is 217 Å². The number of hydrogen-bond donors (Lipinski definition) is 0. The summed E-state index contributed by atoms with van der Waals surface area (Å²) < 4.78 is 6.49. The third-order valence-electron chi connectivity index (χ3n) is 10.5. The number of nitrogens with zero attached hydrogens (tertiary/aromatic N) is 1. The minimum absolute atomic E-state index is 0.902. The summed E-state index contributed by atoms with van der Waals surface area (Å²) in [6, 6.07) is 75.7. The quantitative estimate of drug-likeness (QED) is 0.166. The molecule has 2 nitrogen and oxygen atoms in total. The predicted molar refractivity (Wildman–Crippen MR) is 228 cm³/mol. The highest BCUT2D eigenvalue weighted by Crippen LogP contribution is 2.42. The molecular weight excluding hydrogens is 655 g/mol. The Labute approximate surface area is 314 Å². The largest absolute Gasteiger partial charge is 0.455 e. The van der Waals surface area contributed by atoms with Gasteiger partial charge in [-0.25, -0.2) is 0 Å². The van der Waals surface area contributed by atoms with E-state index in [1.54, 1.807) is 0 Å². The SMILES string of the molecule is c1ccc(-c2ccc(-c3ccc(N(c4ccccc4)c4ccc(-c5cccc6oc7c8ccccc8ccc7c56)cc4)cc3)cc2-c2ccccc2)cc1. The third kappa shape index (κ3) is 5.62. The topological polar surface area (TPSA) is 16.4 Å². The third-order valence-corrected chi connectivity index (χ3v) is 10.5. The van der Waals surface area contributed by atoms with Crippen molar-refractivity contribution in [3.63, 3.8) is 0 Å². The second-order valence-electron chi connectivity index (χ2n) is 13.7. The van der Waals surface area contributed by atoms with Gasteiger partial charge in [0.05, 0.1) is 0 Å². The fraction of sp³-hybridized carbons (Fsp3) is 0. The first-order valence-corrected chi connectivity index (χ1v) is 18.4. The van der Waals surface area contributed by atoms with Crippen LogP contribution in [0.25, 0.3) is 77.2 Å². The van der Waals surface area contributed by atoms with E-state index in [1.807, 2.05) is 0 Å². The fourth-order valence-electron chi connectivity index (χ4n) is 7.86. The summed E-state index contributed by atoms with van der Waals surface area (Å²) in [5.41, 5.74) is 14.7. The van der Waals surface area contributed by atoms with Gasteiger partial charge in [0.2, 0.25) is 0 Å². The molecule has 0 aliphatic carbocycles. The van der Waals surface area contributed by atoms with Crippen molar-refractivity contribution in [2.45, 2.75) is 0 Å². The van der Waals surface area contributed by atoms with Crippen molar-refractivity contribution in [3.8, 4) is 44.5 Å². The number of rotatable bonds is 7. The maximum absolute atomic E-state index is 6.49. The van der Waals surface area contributed by atoms with Crippen LogP contribution in [0.5, 0.6) is 0 Å². The fourth-order valence-corrected chi connectivity index (χ4v) is 7.86. The average Bonchev–Trinajstić information content (AvgIpc) is 3.65. The first-order valence-electron chi connectivity index (χ1n) is 18.4. The molecule has 0 bridgehead atoms. The zero-order valence-electron chi connectivity index (χ0n) is 29.6. The van der Waals surface area contributed by atoms with Crippen molar-refractivity contribution in [3.05, 3.63) is 212 Å². The molecule has 0 N–H and O–H groups in total. The normalized spacial score (nSPS) is 11.3. The zero-order chi connectivity index (χ0) is 35.8. The molecule has 0 aliphatic heterocycles. The molecule has 10 aromatic rings. The Hall–Kier alpha value is -7.16. The Balaban J connectivity index is 1.02. The maximum atomic E-state index is 6.49. The molecule has 1 aromatic heterocycles. The average molecular weight is 690 g/mol. The molecule has 0 aliphatic rings. The van der Waals surface area contributed by atoms with E-state index in [0.29, 0.717) is 0 Å². The molecule has 10 rings (SSSR count). The van der Waals surface area contributed by atoms with Crippen molar-refractivity contribution < 1.29 is 4.42 Å². The molecule has 0 saturated carbocycles. The molecule has 9 aromatic carbocycles. The monoisotopic (exact) mass is 689 g/mol. The van der Waals surface area contributed by atoms with Gasteiger partial charge in [0, 0.05) is 33.2 Å². The van der Waals surface area contributed by atoms with E-state index in [0.717, 1.165) is 55.5 Å². The van der Waals surface area contributed by atoms with E-state index in [-0.39, 0.29) is 0 Å². The maximum Gasteiger partial charge on any atom is 0.143 e. The van der Waals surface area contributed by atoms with E-state index >= 15 is 0 Å². The van der Waals surface area contributed by atoms with Crippen molar-refractivity contribution in [1.29, 1.82) is 0 Å². The van der Waals surface area contributed by atoms with Gasteiger partial charge in [-0.15, -0.1) is 0 Å². The van der Waals surface area contributed by atoms with Crippen LogP contribution in [-0.2, 0) is 0 Å². The van der Waals surface area contributed by atoms with E-state index in [9.17, 15) is 0 Å². The summed E-state index contributed by atoms with van der Waals surface area (Å²) in [5.74, 6) is 0. The number of fused-ring (bicyclic) bond motifs is 5. The van der Waals surface area contributed by atoms with Crippen LogP contribution in [-0.4, -0.2) is 0 Å². The molecule has 1 heterocycles. The Morgan fingerprint density at radius 3 is 1.57 bits per heavy atom. The lowest BCUT2D eigenvalue weighted by atomic mass is 9.91. The van der Waals surface area contributed by atoms with Gasteiger partial charge in [-0.05, 0) is 104 Å². The summed E-state index contributed by atoms with van der Waals surface area (Å²) in [7, 11) is 0. The number of anilines is 3. The van der Waals surface area contributed by atoms with E-state index in [1.165, 1.54) is 38.8 Å². The molecule has 0 fully saturated rings. The summed E-state index contributed by atoms with van der Waals surface area (Å²) >= 11 is 0. The lowest BCUT2D eigenvalue weighted by Crippen LogP contribution is -2.09. The van der Waals surface area contributed by atoms with Crippen molar-refractivity contribution in [1.82, 2.24) is 0 Å². The van der Waals surface area contributed by atoms with Crippen LogP contribution in [0.3, 0.4) is 0 Å². The molecule has 254 valence electrons. The van der Waals surface area contributed by atoms with Crippen LogP contribution in [0.1, 0.15) is 0 Å². The predicted octanol–water partition coefficient (Wildman–Crippen LogP) is 14.9. The first-order chi connectivity index (χ1) is 26.8. The minimum Gasteiger partial charge on any atom is -0.455 e. The summed E-state index contributed by atoms with van der Waals surface area (Å²) in [4.78, 5) is 2.32. The van der Waals surface area contributed by atoms with E-state index in [4.69, 9.17) is 4.42 Å². The molecule has 0 amide bonds. The van der Waals surface area contributed by atoms with Gasteiger partial charge in [-0.3, -0.25) is 0 Å². The lowest BCUT2D eigenvalue weighted by molar-refractivity contribution is 0.673. The molecule has 2 heteroatoms. The van der Waals surface area contributed by atoms with Crippen LogP contribution in [0.4, 0.5) is 17.1 Å². The lowest BCUT2D eigenvalue weighted by Gasteiger charge is -2.26. The smallest absolute Gasteiger partial charge is 0.143 e. The second kappa shape index (κ2) is 13.4. The standard InChI is InChI=1S/C52H35NO/c1-4-13-37(14-5-1)45-33-28-41(35-49(45)38-15-6-2-7-16-38)36-23-29-43(30-24-36)53(42-18-8-3-9-19-42)44-31-25-40(26-32-44)46-21-12-22-50-51(46)48-34-27-39-17-10-11-20-47(39)52(48)54-50/h1-35H. The number of hydrogen-bond acceptors (Lipinski definition) is 2. The minimum atomic E-state index is 0.902. The summed E-state index contributed by atoms with van der Waals surface area (Å²) in [6.07, 6.45) is 0. The molecule has 0 unspecified atom stereocenters. The molecule has 0 radical (unpaired) electrons. The van der Waals surface area contributed by atoms with E-state index in [2.05, 4.69) is 217 Å². The zero-order valence-corrected chi connectivity index (χ0v) is 29.6. The number of para-hydroxylation sites is 1. The van der Waals surface area contributed by atoms with Crippen LogP contribution >= 0.6 is 0 Å². The van der Waals surface area contributed by atoms with Crippen molar-refractivity contribution in [2.75, 3.05) is 4.90 Å². The Morgan fingerprint density at radius 2 is 0.870 bits per heavy atom. The molecule has 0 saturated heterocycles. The molecule has 0 atom stereocenters. The molecule has 0 spiro atoms. The van der Waals surface area contributed by atoms with Crippen molar-refractivity contribution >= 4 is 49.8 Å². The van der Waals surface area contributed by atoms with Gasteiger partial charge in [0.25, 0.3) is 0 Å². The number of furan rings is 1. The van der Waals surface area contributed by atoms with Gasteiger partial charge < -0.3 is 9.32 Å². The Morgan fingerprint density at radius 1 is 0.315 bits per heavy atom. The van der Waals surface area contributed by atoms with Gasteiger partial charge in [0.1, 0.15) is 11.2 Å². The summed E-state index contributed by atoms with van der Waals surface area (Å²) in [5, 5.41) is 4.61.